The van der Waals surface area contributed by atoms with Gasteiger partial charge in [0.1, 0.15) is 11.6 Å². The lowest BCUT2D eigenvalue weighted by atomic mass is 9.99. The number of hydrogen-bond acceptors (Lipinski definition) is 4. The van der Waals surface area contributed by atoms with Gasteiger partial charge in [-0.3, -0.25) is 9.59 Å². The van der Waals surface area contributed by atoms with Gasteiger partial charge in [0.15, 0.2) is 0 Å². The highest BCUT2D eigenvalue weighted by molar-refractivity contribution is 6.32. The Morgan fingerprint density at radius 2 is 1.60 bits per heavy atom. The van der Waals surface area contributed by atoms with Gasteiger partial charge in [0, 0.05) is 22.8 Å². The molecule has 176 valence electrons. The van der Waals surface area contributed by atoms with E-state index >= 15 is 0 Å². The number of hydrogen-bond donors (Lipinski definition) is 2. The molecular weight excluding hydrogens is 485 g/mol. The minimum atomic E-state index is -0.522. The molecule has 2 N–H and O–H groups in total. The molecule has 0 saturated carbocycles. The fourth-order valence-corrected chi connectivity index (χ4v) is 3.89. The first kappa shape index (κ1) is 24.3. The molecule has 1 heterocycles. The van der Waals surface area contributed by atoms with E-state index in [-0.39, 0.29) is 22.0 Å². The van der Waals surface area contributed by atoms with Crippen molar-refractivity contribution in [3.63, 3.8) is 0 Å². The van der Waals surface area contributed by atoms with Crippen LogP contribution < -0.4 is 15.4 Å². The molecule has 0 unspecified atom stereocenters. The third-order valence-corrected chi connectivity index (χ3v) is 5.78. The number of benzene rings is 3. The minimum absolute atomic E-state index is 0.121. The normalized spacial score (nSPS) is 10.5. The van der Waals surface area contributed by atoms with Crippen LogP contribution in [0.25, 0.3) is 11.1 Å². The van der Waals surface area contributed by atoms with Crippen LogP contribution in [0.2, 0.25) is 10.0 Å². The van der Waals surface area contributed by atoms with E-state index in [1.165, 1.54) is 25.4 Å². The summed E-state index contributed by atoms with van der Waals surface area (Å²) in [7, 11) is 1.43. The van der Waals surface area contributed by atoms with Crippen molar-refractivity contribution in [2.75, 3.05) is 17.7 Å². The van der Waals surface area contributed by atoms with Crippen molar-refractivity contribution in [3.8, 4) is 16.9 Å². The van der Waals surface area contributed by atoms with E-state index in [4.69, 9.17) is 27.9 Å². The molecule has 4 rings (SSSR count). The number of carbonyl (C=O) groups excluding carboxylic acids is 2. The highest BCUT2D eigenvalue weighted by Gasteiger charge is 2.21. The SMILES string of the molecule is COc1cc(Cl)cc(C(=O)Nc2ccc(Cl)cn2)c1NC(=O)c1ccc(-c2ccccc2C)cc1. The Morgan fingerprint density at radius 3 is 2.26 bits per heavy atom. The van der Waals surface area contributed by atoms with Crippen molar-refractivity contribution in [2.45, 2.75) is 6.92 Å². The third-order valence-electron chi connectivity index (χ3n) is 5.34. The first-order chi connectivity index (χ1) is 16.9. The Morgan fingerprint density at radius 1 is 0.857 bits per heavy atom. The Kier molecular flexibility index (Phi) is 7.34. The molecule has 8 heteroatoms. The van der Waals surface area contributed by atoms with E-state index in [2.05, 4.69) is 15.6 Å². The predicted molar refractivity (Wildman–Crippen MR) is 140 cm³/mol. The summed E-state index contributed by atoms with van der Waals surface area (Å²) in [6, 6.07) is 21.4. The van der Waals surface area contributed by atoms with Crippen LogP contribution >= 0.6 is 23.2 Å². The van der Waals surface area contributed by atoms with Crippen LogP contribution in [0.4, 0.5) is 11.5 Å². The van der Waals surface area contributed by atoms with E-state index in [0.29, 0.717) is 16.4 Å². The molecule has 0 radical (unpaired) electrons. The van der Waals surface area contributed by atoms with Crippen molar-refractivity contribution >= 4 is 46.5 Å². The summed E-state index contributed by atoms with van der Waals surface area (Å²) >= 11 is 12.1. The van der Waals surface area contributed by atoms with Gasteiger partial charge in [-0.1, -0.05) is 59.6 Å². The van der Waals surface area contributed by atoms with Gasteiger partial charge in [-0.05, 0) is 53.9 Å². The molecule has 0 spiro atoms. The molecule has 35 heavy (non-hydrogen) atoms. The van der Waals surface area contributed by atoms with Gasteiger partial charge in [-0.15, -0.1) is 0 Å². The number of carbonyl (C=O) groups is 2. The molecule has 2 amide bonds. The van der Waals surface area contributed by atoms with E-state index in [1.807, 2.05) is 43.3 Å². The number of nitrogens with zero attached hydrogens (tertiary/aromatic N) is 1. The molecule has 0 aliphatic carbocycles. The fourth-order valence-electron chi connectivity index (χ4n) is 3.57. The Balaban J connectivity index is 1.61. The smallest absolute Gasteiger partial charge is 0.259 e. The molecule has 0 bridgehead atoms. The number of rotatable bonds is 6. The Hall–Kier alpha value is -3.87. The fraction of sp³-hybridized carbons (Fsp3) is 0.0741. The highest BCUT2D eigenvalue weighted by Crippen LogP contribution is 2.34. The van der Waals surface area contributed by atoms with Crippen LogP contribution in [0.3, 0.4) is 0 Å². The number of ether oxygens (including phenoxy) is 1. The molecule has 1 aromatic heterocycles. The van der Waals surface area contributed by atoms with E-state index in [0.717, 1.165) is 16.7 Å². The second-order valence-corrected chi connectivity index (χ2v) is 8.57. The lowest BCUT2D eigenvalue weighted by Crippen LogP contribution is -2.19. The maximum atomic E-state index is 13.1. The second-order valence-electron chi connectivity index (χ2n) is 7.69. The summed E-state index contributed by atoms with van der Waals surface area (Å²) in [5.41, 5.74) is 3.96. The first-order valence-electron chi connectivity index (χ1n) is 10.6. The quantitative estimate of drug-likeness (QED) is 0.299. The zero-order valence-corrected chi connectivity index (χ0v) is 20.4. The average Bonchev–Trinajstić information content (AvgIpc) is 2.86. The molecular formula is C27H21Cl2N3O3. The lowest BCUT2D eigenvalue weighted by molar-refractivity contribution is 0.102. The standard InChI is InChI=1S/C27H21Cl2N3O3/c1-16-5-3-4-6-21(16)17-7-9-18(10-8-17)26(33)32-25-22(13-20(29)14-23(25)35-2)27(34)31-24-12-11-19(28)15-30-24/h3-15H,1-2H3,(H,32,33)(H,30,31,34). The number of nitrogens with one attached hydrogen (secondary N) is 2. The van der Waals surface area contributed by atoms with Crippen molar-refractivity contribution in [1.29, 1.82) is 0 Å². The van der Waals surface area contributed by atoms with Gasteiger partial charge in [0.05, 0.1) is 23.4 Å². The molecule has 3 aromatic carbocycles. The van der Waals surface area contributed by atoms with Gasteiger partial charge in [0.2, 0.25) is 0 Å². The van der Waals surface area contributed by atoms with Crippen molar-refractivity contribution < 1.29 is 14.3 Å². The number of amides is 2. The second kappa shape index (κ2) is 10.6. The zero-order valence-electron chi connectivity index (χ0n) is 18.9. The van der Waals surface area contributed by atoms with Crippen LogP contribution in [-0.4, -0.2) is 23.9 Å². The third kappa shape index (κ3) is 5.62. The average molecular weight is 506 g/mol. The van der Waals surface area contributed by atoms with Gasteiger partial charge in [-0.25, -0.2) is 4.98 Å². The van der Waals surface area contributed by atoms with Gasteiger partial charge in [0.25, 0.3) is 11.8 Å². The summed E-state index contributed by atoms with van der Waals surface area (Å²) in [5.74, 6) is -0.384. The van der Waals surface area contributed by atoms with Crippen LogP contribution in [0.1, 0.15) is 26.3 Å². The van der Waals surface area contributed by atoms with Crippen molar-refractivity contribution in [2.24, 2.45) is 0 Å². The van der Waals surface area contributed by atoms with Gasteiger partial charge >= 0.3 is 0 Å². The molecule has 0 aliphatic rings. The molecule has 0 atom stereocenters. The topological polar surface area (TPSA) is 80.3 Å². The van der Waals surface area contributed by atoms with Gasteiger partial charge < -0.3 is 15.4 Å². The molecule has 6 nitrogen and oxygen atoms in total. The summed E-state index contributed by atoms with van der Waals surface area (Å²) < 4.78 is 5.40. The Bertz CT molecular complexity index is 1390. The number of aryl methyl sites for hydroxylation is 1. The van der Waals surface area contributed by atoms with Crippen molar-refractivity contribution in [3.05, 3.63) is 106 Å². The number of anilines is 2. The molecule has 4 aromatic rings. The highest BCUT2D eigenvalue weighted by atomic mass is 35.5. The minimum Gasteiger partial charge on any atom is -0.494 e. The monoisotopic (exact) mass is 505 g/mol. The lowest BCUT2D eigenvalue weighted by Gasteiger charge is -2.16. The van der Waals surface area contributed by atoms with E-state index in [9.17, 15) is 9.59 Å². The van der Waals surface area contributed by atoms with E-state index < -0.39 is 11.8 Å². The summed E-state index contributed by atoms with van der Waals surface area (Å²) in [5, 5.41) is 6.18. The maximum absolute atomic E-state index is 13.1. The van der Waals surface area contributed by atoms with Crippen LogP contribution in [0.5, 0.6) is 5.75 Å². The Labute approximate surface area is 212 Å². The van der Waals surface area contributed by atoms with Crippen LogP contribution in [0, 0.1) is 6.92 Å². The summed E-state index contributed by atoms with van der Waals surface area (Å²) in [6.07, 6.45) is 1.42. The number of pyridine rings is 1. The van der Waals surface area contributed by atoms with Crippen LogP contribution in [-0.2, 0) is 0 Å². The number of halogens is 2. The molecule has 0 fully saturated rings. The molecule has 0 saturated heterocycles. The van der Waals surface area contributed by atoms with Crippen molar-refractivity contribution in [1.82, 2.24) is 4.98 Å². The van der Waals surface area contributed by atoms with Crippen LogP contribution in [0.15, 0.2) is 79.0 Å². The summed E-state index contributed by atoms with van der Waals surface area (Å²) in [6.45, 7) is 2.04. The van der Waals surface area contributed by atoms with Gasteiger partial charge in [-0.2, -0.15) is 0 Å². The first-order valence-corrected chi connectivity index (χ1v) is 11.4. The zero-order chi connectivity index (χ0) is 24.9. The largest absolute Gasteiger partial charge is 0.494 e. The molecule has 0 aliphatic heterocycles. The number of methoxy groups -OCH3 is 1. The summed E-state index contributed by atoms with van der Waals surface area (Å²) in [4.78, 5) is 30.2. The van der Waals surface area contributed by atoms with E-state index in [1.54, 1.807) is 24.3 Å². The maximum Gasteiger partial charge on any atom is 0.259 e. The number of aromatic nitrogens is 1. The predicted octanol–water partition coefficient (Wildman–Crippen LogP) is 6.88.